The minimum absolute atomic E-state index is 0.149. The fourth-order valence-corrected chi connectivity index (χ4v) is 5.22. The van der Waals surface area contributed by atoms with Gasteiger partial charge in [-0.3, -0.25) is 0 Å². The van der Waals surface area contributed by atoms with Crippen molar-refractivity contribution in [1.82, 2.24) is 0 Å². The molecule has 1 saturated carbocycles. The third-order valence-corrected chi connectivity index (χ3v) is 7.06. The van der Waals surface area contributed by atoms with Gasteiger partial charge in [-0.05, 0) is 84.8 Å². The molecule has 0 atom stereocenters. The maximum Gasteiger partial charge on any atom is 0.168 e. The molecule has 0 aliphatic heterocycles. The molecule has 0 unspecified atom stereocenters. The van der Waals surface area contributed by atoms with E-state index in [1.54, 1.807) is 12.1 Å². The molecule has 2 aliphatic carbocycles. The topological polar surface area (TPSA) is 9.23 Å². The van der Waals surface area contributed by atoms with Crippen LogP contribution in [0.4, 0.5) is 8.78 Å². The summed E-state index contributed by atoms with van der Waals surface area (Å²) in [7, 11) is 1.48. The monoisotopic (exact) mass is 410 g/mol. The van der Waals surface area contributed by atoms with Crippen molar-refractivity contribution in [2.75, 3.05) is 7.11 Å². The van der Waals surface area contributed by atoms with Crippen LogP contribution in [0.5, 0.6) is 5.75 Å². The predicted molar refractivity (Wildman–Crippen MR) is 120 cm³/mol. The van der Waals surface area contributed by atoms with Crippen molar-refractivity contribution in [2.24, 2.45) is 5.92 Å². The molecule has 0 amide bonds. The zero-order chi connectivity index (χ0) is 21.1. The molecule has 0 bridgehead atoms. The number of hydrogen-bond acceptors (Lipinski definition) is 1. The highest BCUT2D eigenvalue weighted by Gasteiger charge is 2.24. The van der Waals surface area contributed by atoms with Crippen molar-refractivity contribution in [3.8, 4) is 5.75 Å². The second-order valence-corrected chi connectivity index (χ2v) is 8.92. The first-order valence-corrected chi connectivity index (χ1v) is 11.5. The number of rotatable bonds is 6. The van der Waals surface area contributed by atoms with Gasteiger partial charge in [-0.2, -0.15) is 0 Å². The van der Waals surface area contributed by atoms with Crippen LogP contribution in [0.2, 0.25) is 0 Å². The summed E-state index contributed by atoms with van der Waals surface area (Å²) in [5, 5.41) is 0. The van der Waals surface area contributed by atoms with Crippen LogP contribution in [0.1, 0.15) is 86.5 Å². The number of fused-ring (bicyclic) bond motifs is 1. The summed E-state index contributed by atoms with van der Waals surface area (Å²) in [5.41, 5.74) is 4.22. The van der Waals surface area contributed by atoms with Gasteiger partial charge in [-0.1, -0.05) is 50.5 Å². The molecule has 1 nitrogen and oxygen atoms in total. The largest absolute Gasteiger partial charge is 0.494 e. The zero-order valence-electron chi connectivity index (χ0n) is 18.1. The van der Waals surface area contributed by atoms with Gasteiger partial charge in [0.1, 0.15) is 5.82 Å². The standard InChI is InChI=1S/C27H32F2O/c1-3-4-5-18-6-8-19(9-7-18)20-10-13-23(25(28)17-20)21-11-14-24-22(16-21)12-15-26(30-2)27(24)29/h10,12-13,15-19H,3-9,11,14H2,1-2H3. The van der Waals surface area contributed by atoms with E-state index in [9.17, 15) is 4.39 Å². The lowest BCUT2D eigenvalue weighted by Crippen LogP contribution is -2.13. The van der Waals surface area contributed by atoms with E-state index in [1.807, 2.05) is 18.2 Å². The Hall–Kier alpha value is -2.16. The van der Waals surface area contributed by atoms with Gasteiger partial charge in [-0.25, -0.2) is 8.78 Å². The molecule has 0 saturated heterocycles. The second-order valence-electron chi connectivity index (χ2n) is 8.92. The van der Waals surface area contributed by atoms with E-state index in [4.69, 9.17) is 4.74 Å². The van der Waals surface area contributed by atoms with Crippen molar-refractivity contribution >= 4 is 11.6 Å². The molecular weight excluding hydrogens is 378 g/mol. The van der Waals surface area contributed by atoms with Gasteiger partial charge in [0, 0.05) is 5.56 Å². The van der Waals surface area contributed by atoms with E-state index < -0.39 is 0 Å². The fraction of sp³-hybridized carbons (Fsp3) is 0.481. The molecule has 0 N–H and O–H groups in total. The number of hydrogen-bond donors (Lipinski definition) is 0. The third-order valence-electron chi connectivity index (χ3n) is 7.06. The fourth-order valence-electron chi connectivity index (χ4n) is 5.22. The van der Waals surface area contributed by atoms with Crippen LogP contribution >= 0.6 is 0 Å². The van der Waals surface area contributed by atoms with Crippen LogP contribution in [0, 0.1) is 17.6 Å². The van der Waals surface area contributed by atoms with Gasteiger partial charge in [0.25, 0.3) is 0 Å². The Bertz CT molecular complexity index is 923. The molecule has 4 rings (SSSR count). The molecule has 160 valence electrons. The SMILES string of the molecule is CCCCC1CCC(c2ccc(C3=Cc4ccc(OC)c(F)c4CC3)c(F)c2)CC1. The number of halogens is 2. The average molecular weight is 411 g/mol. The normalized spacial score (nSPS) is 21.1. The lowest BCUT2D eigenvalue weighted by molar-refractivity contribution is 0.304. The van der Waals surface area contributed by atoms with Crippen LogP contribution in [0.3, 0.4) is 0 Å². The molecule has 1 fully saturated rings. The number of ether oxygens (including phenoxy) is 1. The number of methoxy groups -OCH3 is 1. The summed E-state index contributed by atoms with van der Waals surface area (Å²) in [6.45, 7) is 2.25. The predicted octanol–water partition coefficient (Wildman–Crippen LogP) is 7.92. The molecule has 30 heavy (non-hydrogen) atoms. The highest BCUT2D eigenvalue weighted by Crippen LogP contribution is 2.40. The quantitative estimate of drug-likeness (QED) is 0.470. The summed E-state index contributed by atoms with van der Waals surface area (Å²) >= 11 is 0. The molecule has 0 spiro atoms. The van der Waals surface area contributed by atoms with E-state index in [1.165, 1.54) is 52.1 Å². The minimum Gasteiger partial charge on any atom is -0.494 e. The third kappa shape index (κ3) is 4.31. The number of allylic oxidation sites excluding steroid dienone is 1. The van der Waals surface area contributed by atoms with Gasteiger partial charge < -0.3 is 4.74 Å². The first-order chi connectivity index (χ1) is 14.6. The van der Waals surface area contributed by atoms with E-state index in [0.29, 0.717) is 29.9 Å². The Labute approximate surface area is 179 Å². The van der Waals surface area contributed by atoms with Crippen LogP contribution < -0.4 is 4.74 Å². The van der Waals surface area contributed by atoms with Crippen LogP contribution in [-0.4, -0.2) is 7.11 Å². The van der Waals surface area contributed by atoms with Crippen molar-refractivity contribution in [3.63, 3.8) is 0 Å². The zero-order valence-corrected chi connectivity index (χ0v) is 18.1. The van der Waals surface area contributed by atoms with E-state index in [-0.39, 0.29) is 17.4 Å². The number of benzene rings is 2. The maximum atomic E-state index is 15.1. The smallest absolute Gasteiger partial charge is 0.168 e. The molecule has 2 aromatic carbocycles. The molecule has 2 aliphatic rings. The van der Waals surface area contributed by atoms with Gasteiger partial charge >= 0.3 is 0 Å². The van der Waals surface area contributed by atoms with Crippen molar-refractivity contribution in [2.45, 2.75) is 70.6 Å². The van der Waals surface area contributed by atoms with Crippen LogP contribution in [0.25, 0.3) is 11.6 Å². The van der Waals surface area contributed by atoms with Gasteiger partial charge in [0.15, 0.2) is 11.6 Å². The molecule has 0 aromatic heterocycles. The Kier molecular flexibility index (Phi) is 6.55. The maximum absolute atomic E-state index is 15.1. The first kappa shape index (κ1) is 21.1. The van der Waals surface area contributed by atoms with Crippen molar-refractivity contribution in [1.29, 1.82) is 0 Å². The van der Waals surface area contributed by atoms with Gasteiger partial charge in [0.05, 0.1) is 7.11 Å². The van der Waals surface area contributed by atoms with E-state index >= 15 is 4.39 Å². The Morgan fingerprint density at radius 2 is 1.80 bits per heavy atom. The summed E-state index contributed by atoms with van der Waals surface area (Å²) in [6, 6.07) is 9.30. The summed E-state index contributed by atoms with van der Waals surface area (Å²) in [4.78, 5) is 0. The lowest BCUT2D eigenvalue weighted by Gasteiger charge is -2.29. The highest BCUT2D eigenvalue weighted by atomic mass is 19.1. The van der Waals surface area contributed by atoms with E-state index in [2.05, 4.69) is 13.0 Å². The van der Waals surface area contributed by atoms with Gasteiger partial charge in [-0.15, -0.1) is 0 Å². The summed E-state index contributed by atoms with van der Waals surface area (Å²) < 4.78 is 34.6. The van der Waals surface area contributed by atoms with Crippen LogP contribution in [0.15, 0.2) is 30.3 Å². The van der Waals surface area contributed by atoms with Gasteiger partial charge in [0.2, 0.25) is 0 Å². The number of unbranched alkanes of at least 4 members (excludes halogenated alkanes) is 1. The average Bonchev–Trinajstić information content (AvgIpc) is 2.78. The lowest BCUT2D eigenvalue weighted by atomic mass is 9.76. The summed E-state index contributed by atoms with van der Waals surface area (Å²) in [5.74, 6) is 1.16. The Balaban J connectivity index is 1.50. The Morgan fingerprint density at radius 1 is 1.00 bits per heavy atom. The molecule has 0 heterocycles. The van der Waals surface area contributed by atoms with Crippen molar-refractivity contribution < 1.29 is 13.5 Å². The van der Waals surface area contributed by atoms with Crippen LogP contribution in [-0.2, 0) is 6.42 Å². The Morgan fingerprint density at radius 3 is 2.50 bits per heavy atom. The van der Waals surface area contributed by atoms with Crippen molar-refractivity contribution in [3.05, 3.63) is 64.2 Å². The summed E-state index contributed by atoms with van der Waals surface area (Å²) in [6.07, 6.45) is 11.9. The molecule has 3 heteroatoms. The first-order valence-electron chi connectivity index (χ1n) is 11.5. The highest BCUT2D eigenvalue weighted by molar-refractivity contribution is 5.85. The molecular formula is C27H32F2O. The molecule has 0 radical (unpaired) electrons. The van der Waals surface area contributed by atoms with E-state index in [0.717, 1.165) is 22.6 Å². The second kappa shape index (κ2) is 9.32. The minimum atomic E-state index is -0.296. The molecule has 2 aromatic rings.